The summed E-state index contributed by atoms with van der Waals surface area (Å²) in [6, 6.07) is 1.72. The van der Waals surface area contributed by atoms with Gasteiger partial charge in [-0.05, 0) is 19.1 Å². The molecule has 1 unspecified atom stereocenters. The second-order valence-electron chi connectivity index (χ2n) is 3.59. The van der Waals surface area contributed by atoms with Crippen molar-refractivity contribution >= 4 is 11.8 Å². The van der Waals surface area contributed by atoms with E-state index < -0.39 is 17.4 Å². The minimum Gasteiger partial charge on any atom is -0.368 e. The standard InChI is InChI=1S/C10H14N4O2/c1-3-8(15)13-10(2,9(11)16)7-14-6-4-5-12-14/h3-6H,1,7H2,2H3,(H2,11,16)(H,13,15). The highest BCUT2D eigenvalue weighted by atomic mass is 16.2. The second kappa shape index (κ2) is 4.61. The molecule has 1 rings (SSSR count). The summed E-state index contributed by atoms with van der Waals surface area (Å²) in [5.74, 6) is -1.08. The number of carbonyl (C=O) groups is 2. The molecule has 1 aromatic heterocycles. The average molecular weight is 222 g/mol. The molecule has 86 valence electrons. The molecule has 0 saturated carbocycles. The third kappa shape index (κ3) is 2.69. The van der Waals surface area contributed by atoms with Gasteiger partial charge in [-0.1, -0.05) is 6.58 Å². The second-order valence-corrected chi connectivity index (χ2v) is 3.59. The first-order valence-electron chi connectivity index (χ1n) is 4.70. The zero-order chi connectivity index (χ0) is 12.2. The summed E-state index contributed by atoms with van der Waals surface area (Å²) in [5.41, 5.74) is 4.08. The fraction of sp³-hybridized carbons (Fsp3) is 0.300. The van der Waals surface area contributed by atoms with Gasteiger partial charge in [0.1, 0.15) is 5.54 Å². The summed E-state index contributed by atoms with van der Waals surface area (Å²) in [7, 11) is 0. The van der Waals surface area contributed by atoms with Crippen molar-refractivity contribution < 1.29 is 9.59 Å². The maximum absolute atomic E-state index is 11.3. The lowest BCUT2D eigenvalue weighted by Gasteiger charge is -2.26. The number of nitrogens with zero attached hydrogens (tertiary/aromatic N) is 2. The number of primary amides is 1. The Morgan fingerprint density at radius 2 is 2.38 bits per heavy atom. The van der Waals surface area contributed by atoms with E-state index >= 15 is 0 Å². The highest BCUT2D eigenvalue weighted by Gasteiger charge is 2.33. The van der Waals surface area contributed by atoms with Crippen LogP contribution in [0.2, 0.25) is 0 Å². The molecule has 6 heteroatoms. The quantitative estimate of drug-likeness (QED) is 0.654. The Hall–Kier alpha value is -2.11. The predicted octanol–water partition coefficient (Wildman–Crippen LogP) is -0.571. The third-order valence-corrected chi connectivity index (χ3v) is 2.17. The maximum Gasteiger partial charge on any atom is 0.244 e. The van der Waals surface area contributed by atoms with E-state index in [-0.39, 0.29) is 6.54 Å². The van der Waals surface area contributed by atoms with E-state index in [0.29, 0.717) is 0 Å². The van der Waals surface area contributed by atoms with Crippen LogP contribution in [0.4, 0.5) is 0 Å². The molecule has 0 fully saturated rings. The third-order valence-electron chi connectivity index (χ3n) is 2.17. The monoisotopic (exact) mass is 222 g/mol. The minimum atomic E-state index is -1.18. The van der Waals surface area contributed by atoms with Crippen molar-refractivity contribution in [3.63, 3.8) is 0 Å². The van der Waals surface area contributed by atoms with Crippen LogP contribution in [-0.4, -0.2) is 27.1 Å². The molecule has 0 aliphatic rings. The van der Waals surface area contributed by atoms with Crippen LogP contribution in [0.3, 0.4) is 0 Å². The first-order chi connectivity index (χ1) is 7.48. The van der Waals surface area contributed by atoms with Gasteiger partial charge in [-0.2, -0.15) is 5.10 Å². The molecule has 16 heavy (non-hydrogen) atoms. The Bertz CT molecular complexity index is 399. The van der Waals surface area contributed by atoms with Crippen molar-refractivity contribution in [2.45, 2.75) is 19.0 Å². The Balaban J connectivity index is 2.84. The van der Waals surface area contributed by atoms with Crippen LogP contribution in [0.25, 0.3) is 0 Å². The van der Waals surface area contributed by atoms with Crippen LogP contribution < -0.4 is 11.1 Å². The van der Waals surface area contributed by atoms with Crippen molar-refractivity contribution in [1.29, 1.82) is 0 Å². The predicted molar refractivity (Wildman–Crippen MR) is 58.2 cm³/mol. The topological polar surface area (TPSA) is 90.0 Å². The number of hydrogen-bond acceptors (Lipinski definition) is 3. The van der Waals surface area contributed by atoms with E-state index in [1.165, 1.54) is 4.68 Å². The Labute approximate surface area is 93.1 Å². The fourth-order valence-electron chi connectivity index (χ4n) is 1.22. The van der Waals surface area contributed by atoms with Crippen LogP contribution in [0.5, 0.6) is 0 Å². The van der Waals surface area contributed by atoms with Gasteiger partial charge in [0.05, 0.1) is 6.54 Å². The lowest BCUT2D eigenvalue weighted by Crippen LogP contribution is -2.57. The van der Waals surface area contributed by atoms with Gasteiger partial charge in [0.25, 0.3) is 0 Å². The molecule has 3 N–H and O–H groups in total. The number of amides is 2. The summed E-state index contributed by atoms with van der Waals surface area (Å²) in [5, 5.41) is 6.44. The Morgan fingerprint density at radius 1 is 1.69 bits per heavy atom. The number of nitrogens with one attached hydrogen (secondary N) is 1. The molecule has 0 radical (unpaired) electrons. The first kappa shape index (κ1) is 12.0. The van der Waals surface area contributed by atoms with E-state index in [1.807, 2.05) is 0 Å². The Kier molecular flexibility index (Phi) is 3.44. The number of rotatable bonds is 5. The first-order valence-corrected chi connectivity index (χ1v) is 4.70. The van der Waals surface area contributed by atoms with Gasteiger partial charge in [0, 0.05) is 12.4 Å². The van der Waals surface area contributed by atoms with E-state index in [1.54, 1.807) is 25.4 Å². The van der Waals surface area contributed by atoms with E-state index in [9.17, 15) is 9.59 Å². The number of aromatic nitrogens is 2. The van der Waals surface area contributed by atoms with Crippen LogP contribution in [-0.2, 0) is 16.1 Å². The van der Waals surface area contributed by atoms with Crippen molar-refractivity contribution in [2.24, 2.45) is 5.73 Å². The normalized spacial score (nSPS) is 13.8. The SMILES string of the molecule is C=CC(=O)NC(C)(Cn1cccn1)C(N)=O. The molecule has 1 aromatic rings. The van der Waals surface area contributed by atoms with Gasteiger partial charge >= 0.3 is 0 Å². The molecule has 2 amide bonds. The highest BCUT2D eigenvalue weighted by Crippen LogP contribution is 2.06. The maximum atomic E-state index is 11.3. The molecule has 6 nitrogen and oxygen atoms in total. The van der Waals surface area contributed by atoms with Crippen LogP contribution in [0.15, 0.2) is 31.1 Å². The fourth-order valence-corrected chi connectivity index (χ4v) is 1.22. The molecule has 0 saturated heterocycles. The summed E-state index contributed by atoms with van der Waals surface area (Å²) in [6.07, 6.45) is 4.35. The minimum absolute atomic E-state index is 0.176. The number of carbonyl (C=O) groups excluding carboxylic acids is 2. The van der Waals surface area contributed by atoms with Crippen LogP contribution >= 0.6 is 0 Å². The molecule has 1 atom stereocenters. The molecule has 0 aromatic carbocycles. The molecule has 1 heterocycles. The lowest BCUT2D eigenvalue weighted by molar-refractivity contribution is -0.129. The van der Waals surface area contributed by atoms with Gasteiger partial charge in [-0.15, -0.1) is 0 Å². The summed E-state index contributed by atoms with van der Waals surface area (Å²) >= 11 is 0. The van der Waals surface area contributed by atoms with Crippen molar-refractivity contribution in [3.05, 3.63) is 31.1 Å². The lowest BCUT2D eigenvalue weighted by atomic mass is 10.0. The largest absolute Gasteiger partial charge is 0.368 e. The molecular weight excluding hydrogens is 208 g/mol. The van der Waals surface area contributed by atoms with Gasteiger partial charge in [0.15, 0.2) is 0 Å². The van der Waals surface area contributed by atoms with Crippen molar-refractivity contribution in [3.8, 4) is 0 Å². The van der Waals surface area contributed by atoms with Gasteiger partial charge < -0.3 is 11.1 Å². The Morgan fingerprint density at radius 3 is 2.81 bits per heavy atom. The van der Waals surface area contributed by atoms with E-state index in [2.05, 4.69) is 17.0 Å². The van der Waals surface area contributed by atoms with Gasteiger partial charge in [-0.3, -0.25) is 14.3 Å². The van der Waals surface area contributed by atoms with E-state index in [0.717, 1.165) is 6.08 Å². The highest BCUT2D eigenvalue weighted by molar-refractivity contribution is 5.94. The van der Waals surface area contributed by atoms with Gasteiger partial charge in [-0.25, -0.2) is 0 Å². The van der Waals surface area contributed by atoms with E-state index in [4.69, 9.17) is 5.73 Å². The molecule has 0 spiro atoms. The zero-order valence-electron chi connectivity index (χ0n) is 9.01. The number of nitrogens with two attached hydrogens (primary N) is 1. The van der Waals surface area contributed by atoms with Crippen LogP contribution in [0, 0.1) is 0 Å². The summed E-state index contributed by atoms with van der Waals surface area (Å²) in [6.45, 7) is 5.03. The summed E-state index contributed by atoms with van der Waals surface area (Å²) in [4.78, 5) is 22.5. The molecular formula is C10H14N4O2. The van der Waals surface area contributed by atoms with Crippen LogP contribution in [0.1, 0.15) is 6.92 Å². The van der Waals surface area contributed by atoms with Crippen molar-refractivity contribution in [1.82, 2.24) is 15.1 Å². The molecule has 0 bridgehead atoms. The summed E-state index contributed by atoms with van der Waals surface area (Å²) < 4.78 is 1.52. The average Bonchev–Trinajstić information content (AvgIpc) is 2.69. The molecule has 0 aliphatic heterocycles. The van der Waals surface area contributed by atoms with Crippen molar-refractivity contribution in [2.75, 3.05) is 0 Å². The number of hydrogen-bond donors (Lipinski definition) is 2. The zero-order valence-corrected chi connectivity index (χ0v) is 9.01. The molecule has 0 aliphatic carbocycles. The van der Waals surface area contributed by atoms with Gasteiger partial charge in [0.2, 0.25) is 11.8 Å². The smallest absolute Gasteiger partial charge is 0.244 e.